The van der Waals surface area contributed by atoms with Crippen LogP contribution in [0.2, 0.25) is 0 Å². The van der Waals surface area contributed by atoms with Crippen molar-refractivity contribution in [2.24, 2.45) is 0 Å². The van der Waals surface area contributed by atoms with Crippen molar-refractivity contribution in [3.63, 3.8) is 0 Å². The normalized spacial score (nSPS) is 10.7. The Morgan fingerprint density at radius 3 is 2.06 bits per heavy atom. The lowest BCUT2D eigenvalue weighted by atomic mass is 10.1. The molecule has 0 saturated carbocycles. The second-order valence-corrected chi connectivity index (χ2v) is 7.75. The zero-order valence-electron chi connectivity index (χ0n) is 18.3. The lowest BCUT2D eigenvalue weighted by molar-refractivity contribution is -0.118. The molecular weight excluding hydrogens is 398 g/mol. The van der Waals surface area contributed by atoms with Crippen molar-refractivity contribution in [1.82, 2.24) is 5.32 Å². The highest BCUT2D eigenvalue weighted by Crippen LogP contribution is 2.22. The maximum Gasteiger partial charge on any atom is 0.408 e. The number of amides is 3. The summed E-state index contributed by atoms with van der Waals surface area (Å²) in [6.07, 6.45) is 0.109. The fraction of sp³-hybridized carbons (Fsp3) is 0.348. The third-order valence-electron chi connectivity index (χ3n) is 3.98. The maximum absolute atomic E-state index is 12.3. The fourth-order valence-corrected chi connectivity index (χ4v) is 2.63. The smallest absolute Gasteiger partial charge is 0.408 e. The van der Waals surface area contributed by atoms with Crippen LogP contribution in [0.15, 0.2) is 48.5 Å². The van der Waals surface area contributed by atoms with E-state index in [9.17, 15) is 14.4 Å². The summed E-state index contributed by atoms with van der Waals surface area (Å²) in [5, 5.41) is 7.78. The largest absolute Gasteiger partial charge is 0.483 e. The predicted octanol–water partition coefficient (Wildman–Crippen LogP) is 3.73. The number of para-hydroxylation sites is 3. The topological polar surface area (TPSA) is 106 Å². The SMILES string of the molecule is CCc1ccccc1OCC(=O)Nc1ccccc1NC(=O)CNC(=O)OC(C)(C)C. The van der Waals surface area contributed by atoms with Crippen molar-refractivity contribution in [3.05, 3.63) is 54.1 Å². The third kappa shape index (κ3) is 8.38. The Balaban J connectivity index is 1.90. The number of aryl methyl sites for hydroxylation is 1. The number of anilines is 2. The molecule has 0 radical (unpaired) electrons. The molecule has 166 valence electrons. The average molecular weight is 428 g/mol. The summed E-state index contributed by atoms with van der Waals surface area (Å²) >= 11 is 0. The number of hydrogen-bond acceptors (Lipinski definition) is 5. The van der Waals surface area contributed by atoms with Crippen molar-refractivity contribution >= 4 is 29.3 Å². The highest BCUT2D eigenvalue weighted by Gasteiger charge is 2.17. The summed E-state index contributed by atoms with van der Waals surface area (Å²) in [6, 6.07) is 14.3. The first-order valence-electron chi connectivity index (χ1n) is 10.0. The summed E-state index contributed by atoms with van der Waals surface area (Å²) in [7, 11) is 0. The van der Waals surface area contributed by atoms with Gasteiger partial charge in [0.25, 0.3) is 5.91 Å². The maximum atomic E-state index is 12.3. The van der Waals surface area contributed by atoms with Crippen LogP contribution >= 0.6 is 0 Å². The highest BCUT2D eigenvalue weighted by atomic mass is 16.6. The predicted molar refractivity (Wildman–Crippen MR) is 119 cm³/mol. The summed E-state index contributed by atoms with van der Waals surface area (Å²) in [4.78, 5) is 36.2. The molecule has 2 aromatic rings. The van der Waals surface area contributed by atoms with Crippen LogP contribution in [-0.2, 0) is 20.7 Å². The molecule has 0 bridgehead atoms. The molecule has 0 saturated heterocycles. The zero-order valence-corrected chi connectivity index (χ0v) is 18.3. The molecule has 2 rings (SSSR count). The van der Waals surface area contributed by atoms with Gasteiger partial charge in [-0.2, -0.15) is 0 Å². The first-order valence-corrected chi connectivity index (χ1v) is 10.0. The molecule has 3 amide bonds. The molecule has 0 aromatic heterocycles. The van der Waals surface area contributed by atoms with Crippen LogP contribution in [0.5, 0.6) is 5.75 Å². The molecule has 0 aliphatic heterocycles. The molecule has 0 aliphatic rings. The summed E-state index contributed by atoms with van der Waals surface area (Å²) in [5.74, 6) is -0.157. The molecule has 0 unspecified atom stereocenters. The van der Waals surface area contributed by atoms with E-state index in [2.05, 4.69) is 16.0 Å². The van der Waals surface area contributed by atoms with Crippen LogP contribution < -0.4 is 20.7 Å². The number of benzene rings is 2. The van der Waals surface area contributed by atoms with E-state index in [0.717, 1.165) is 12.0 Å². The lowest BCUT2D eigenvalue weighted by Crippen LogP contribution is -2.37. The van der Waals surface area contributed by atoms with Crippen molar-refractivity contribution in [2.45, 2.75) is 39.7 Å². The first kappa shape index (κ1) is 23.7. The number of carbonyl (C=O) groups excluding carboxylic acids is 3. The Morgan fingerprint density at radius 2 is 1.45 bits per heavy atom. The van der Waals surface area contributed by atoms with E-state index >= 15 is 0 Å². The number of nitrogens with one attached hydrogen (secondary N) is 3. The van der Waals surface area contributed by atoms with Gasteiger partial charge in [0.1, 0.15) is 17.9 Å². The van der Waals surface area contributed by atoms with Gasteiger partial charge in [-0.1, -0.05) is 37.3 Å². The molecule has 0 atom stereocenters. The van der Waals surface area contributed by atoms with Crippen LogP contribution in [0, 0.1) is 0 Å². The van der Waals surface area contributed by atoms with Gasteiger partial charge in [0.15, 0.2) is 6.61 Å². The first-order chi connectivity index (χ1) is 14.7. The van der Waals surface area contributed by atoms with Gasteiger partial charge in [0.2, 0.25) is 5.91 Å². The van der Waals surface area contributed by atoms with Gasteiger partial charge in [-0.05, 0) is 51.0 Å². The van der Waals surface area contributed by atoms with E-state index < -0.39 is 17.6 Å². The Labute approximate surface area is 182 Å². The molecule has 2 aromatic carbocycles. The molecule has 0 heterocycles. The van der Waals surface area contributed by atoms with Crippen molar-refractivity contribution < 1.29 is 23.9 Å². The van der Waals surface area contributed by atoms with E-state index in [1.807, 2.05) is 31.2 Å². The van der Waals surface area contributed by atoms with Gasteiger partial charge in [0, 0.05) is 0 Å². The lowest BCUT2D eigenvalue weighted by Gasteiger charge is -2.19. The number of hydrogen-bond donors (Lipinski definition) is 3. The van der Waals surface area contributed by atoms with Crippen LogP contribution in [0.1, 0.15) is 33.3 Å². The van der Waals surface area contributed by atoms with Crippen molar-refractivity contribution in [3.8, 4) is 5.75 Å². The highest BCUT2D eigenvalue weighted by molar-refractivity contribution is 6.01. The minimum atomic E-state index is -0.686. The van der Waals surface area contributed by atoms with Gasteiger partial charge in [-0.15, -0.1) is 0 Å². The average Bonchev–Trinajstić information content (AvgIpc) is 2.71. The molecule has 0 spiro atoms. The number of rotatable bonds is 8. The van der Waals surface area contributed by atoms with Gasteiger partial charge in [0.05, 0.1) is 11.4 Å². The van der Waals surface area contributed by atoms with Crippen LogP contribution in [0.3, 0.4) is 0 Å². The quantitative estimate of drug-likeness (QED) is 0.595. The van der Waals surface area contributed by atoms with E-state index in [1.54, 1.807) is 45.0 Å². The van der Waals surface area contributed by atoms with E-state index in [4.69, 9.17) is 9.47 Å². The van der Waals surface area contributed by atoms with Crippen molar-refractivity contribution in [1.29, 1.82) is 0 Å². The van der Waals surface area contributed by atoms with E-state index in [1.165, 1.54) is 0 Å². The van der Waals surface area contributed by atoms with Crippen molar-refractivity contribution in [2.75, 3.05) is 23.8 Å². The van der Waals surface area contributed by atoms with Crippen LogP contribution in [-0.4, -0.2) is 36.7 Å². The van der Waals surface area contributed by atoms with Gasteiger partial charge >= 0.3 is 6.09 Å². The molecule has 0 fully saturated rings. The van der Waals surface area contributed by atoms with E-state index in [0.29, 0.717) is 17.1 Å². The molecule has 0 aliphatic carbocycles. The van der Waals surface area contributed by atoms with Crippen LogP contribution in [0.25, 0.3) is 0 Å². The number of ether oxygens (including phenoxy) is 2. The summed E-state index contributed by atoms with van der Waals surface area (Å²) in [5.41, 5.74) is 1.18. The van der Waals surface area contributed by atoms with Crippen LogP contribution in [0.4, 0.5) is 16.2 Å². The Kier molecular flexibility index (Phi) is 8.43. The standard InChI is InChI=1S/C23H29N3O5/c1-5-16-10-6-9-13-19(16)30-15-21(28)26-18-12-8-7-11-17(18)25-20(27)14-24-22(29)31-23(2,3)4/h6-13H,5,14-15H2,1-4H3,(H,24,29)(H,25,27)(H,26,28). The number of alkyl carbamates (subject to hydrolysis) is 1. The minimum absolute atomic E-state index is 0.167. The van der Waals surface area contributed by atoms with Gasteiger partial charge < -0.3 is 25.4 Å². The Bertz CT molecular complexity index is 921. The summed E-state index contributed by atoms with van der Waals surface area (Å²) < 4.78 is 10.7. The molecule has 8 nitrogen and oxygen atoms in total. The molecule has 31 heavy (non-hydrogen) atoms. The second-order valence-electron chi connectivity index (χ2n) is 7.75. The molecule has 8 heteroatoms. The molecule has 3 N–H and O–H groups in total. The fourth-order valence-electron chi connectivity index (χ4n) is 2.63. The Morgan fingerprint density at radius 1 is 0.871 bits per heavy atom. The zero-order chi connectivity index (χ0) is 22.9. The Hall–Kier alpha value is -3.55. The van der Waals surface area contributed by atoms with Gasteiger partial charge in [-0.25, -0.2) is 4.79 Å². The van der Waals surface area contributed by atoms with E-state index in [-0.39, 0.29) is 19.1 Å². The third-order valence-corrected chi connectivity index (χ3v) is 3.98. The summed E-state index contributed by atoms with van der Waals surface area (Å²) in [6.45, 7) is 6.77. The number of carbonyl (C=O) groups is 3. The minimum Gasteiger partial charge on any atom is -0.483 e. The monoisotopic (exact) mass is 427 g/mol. The van der Waals surface area contributed by atoms with Gasteiger partial charge in [-0.3, -0.25) is 9.59 Å². The second kappa shape index (κ2) is 11.0. The molecular formula is C23H29N3O5.